The first kappa shape index (κ1) is 23.0. The lowest BCUT2D eigenvalue weighted by Crippen LogP contribution is -2.47. The minimum absolute atomic E-state index is 0.0974. The number of piperazine rings is 1. The molecule has 1 N–H and O–H groups in total. The van der Waals surface area contributed by atoms with Gasteiger partial charge in [-0.15, -0.1) is 0 Å². The molecule has 0 spiro atoms. The van der Waals surface area contributed by atoms with E-state index in [0.717, 1.165) is 17.7 Å². The second kappa shape index (κ2) is 8.47. The molecule has 182 valence electrons. The van der Waals surface area contributed by atoms with Gasteiger partial charge in [0.25, 0.3) is 5.56 Å². The number of nitrogens with one attached hydrogen (secondary N) is 1. The third-order valence-electron chi connectivity index (χ3n) is 6.57. The molecule has 1 unspecified atom stereocenters. The number of aryl methyl sites for hydroxylation is 2. The summed E-state index contributed by atoms with van der Waals surface area (Å²) >= 11 is 0. The van der Waals surface area contributed by atoms with Gasteiger partial charge in [0.15, 0.2) is 5.52 Å². The second-order valence-electron chi connectivity index (χ2n) is 9.23. The van der Waals surface area contributed by atoms with E-state index >= 15 is 0 Å². The van der Waals surface area contributed by atoms with Crippen LogP contribution in [0.3, 0.4) is 0 Å². The summed E-state index contributed by atoms with van der Waals surface area (Å²) in [7, 11) is 0.00627. The number of rotatable bonds is 5. The minimum Gasteiger partial charge on any atom is -0.489 e. The van der Waals surface area contributed by atoms with Crippen LogP contribution >= 0.6 is 0 Å². The molecular formula is C23H30N6O4S. The number of hydrogen-bond donors (Lipinski definition) is 1. The lowest BCUT2D eigenvalue weighted by Gasteiger charge is -2.31. The predicted molar refractivity (Wildman–Crippen MR) is 129 cm³/mol. The molecule has 5 rings (SSSR count). The Balaban J connectivity index is 1.68. The zero-order chi connectivity index (χ0) is 24.2. The van der Waals surface area contributed by atoms with E-state index in [0.29, 0.717) is 67.2 Å². The topological polar surface area (TPSA) is 113 Å². The number of likely N-dealkylation sites (N-methyl/N-ethyl adjacent to an activating group) is 1. The Hall–Kier alpha value is -2.76. The number of benzene rings is 1. The number of aromatic nitrogens is 4. The smallest absolute Gasteiger partial charge is 0.277 e. The summed E-state index contributed by atoms with van der Waals surface area (Å²) in [5.41, 5.74) is 2.67. The molecule has 2 aliphatic heterocycles. The highest BCUT2D eigenvalue weighted by Crippen LogP contribution is 2.40. The minimum atomic E-state index is -3.71. The molecular weight excluding hydrogens is 456 g/mol. The Bertz CT molecular complexity index is 1420. The summed E-state index contributed by atoms with van der Waals surface area (Å²) in [4.78, 5) is 22.9. The standard InChI is InChI=1S/C23H30N6O4S/c1-5-6-18-19-20(28(4)26-18)23(30)25-22(24-19)17-13-16(12-15-11-14(2)33-21(15)17)34(31,32)29-9-7-27(3)8-10-29/h12-14H,5-11H2,1-4H3,(H,24,25,30). The Morgan fingerprint density at radius 2 is 1.91 bits per heavy atom. The highest BCUT2D eigenvalue weighted by molar-refractivity contribution is 7.89. The summed E-state index contributed by atoms with van der Waals surface area (Å²) in [5.74, 6) is 0.872. The van der Waals surface area contributed by atoms with Crippen LogP contribution in [0, 0.1) is 0 Å². The molecule has 2 aliphatic rings. The van der Waals surface area contributed by atoms with E-state index in [9.17, 15) is 13.2 Å². The molecule has 4 heterocycles. The largest absolute Gasteiger partial charge is 0.489 e. The molecule has 1 aromatic carbocycles. The fraction of sp³-hybridized carbons (Fsp3) is 0.522. The molecule has 0 amide bonds. The van der Waals surface area contributed by atoms with E-state index in [-0.39, 0.29) is 16.6 Å². The van der Waals surface area contributed by atoms with Gasteiger partial charge in [0.05, 0.1) is 16.2 Å². The maximum absolute atomic E-state index is 13.5. The number of nitrogens with zero attached hydrogens (tertiary/aromatic N) is 5. The van der Waals surface area contributed by atoms with Crippen molar-refractivity contribution >= 4 is 21.1 Å². The lowest BCUT2D eigenvalue weighted by atomic mass is 10.1. The van der Waals surface area contributed by atoms with Crippen molar-refractivity contribution in [3.8, 4) is 17.1 Å². The Labute approximate surface area is 198 Å². The van der Waals surface area contributed by atoms with Crippen LogP contribution in [0.2, 0.25) is 0 Å². The SMILES string of the molecule is CCCc1nn(C)c2c(=O)[nH]c(-c3cc(S(=O)(=O)N4CCN(C)CC4)cc4c3OC(C)C4)nc12. The predicted octanol–water partition coefficient (Wildman–Crippen LogP) is 1.54. The average molecular weight is 487 g/mol. The summed E-state index contributed by atoms with van der Waals surface area (Å²) in [6.45, 7) is 6.24. The maximum atomic E-state index is 13.5. The van der Waals surface area contributed by atoms with Gasteiger partial charge in [-0.2, -0.15) is 9.40 Å². The molecule has 3 aromatic rings. The molecule has 0 bridgehead atoms. The molecule has 1 atom stereocenters. The first-order chi connectivity index (χ1) is 16.2. The molecule has 11 heteroatoms. The number of fused-ring (bicyclic) bond motifs is 2. The van der Waals surface area contributed by atoms with Gasteiger partial charge in [0.1, 0.15) is 23.2 Å². The van der Waals surface area contributed by atoms with Gasteiger partial charge in [-0.1, -0.05) is 13.3 Å². The van der Waals surface area contributed by atoms with E-state index < -0.39 is 10.0 Å². The highest BCUT2D eigenvalue weighted by atomic mass is 32.2. The summed E-state index contributed by atoms with van der Waals surface area (Å²) in [5, 5.41) is 4.48. The van der Waals surface area contributed by atoms with Gasteiger partial charge >= 0.3 is 0 Å². The quantitative estimate of drug-likeness (QED) is 0.582. The normalized spacial score (nSPS) is 19.5. The van der Waals surface area contributed by atoms with Gasteiger partial charge in [-0.05, 0) is 38.1 Å². The number of ether oxygens (including phenoxy) is 1. The van der Waals surface area contributed by atoms with Crippen molar-refractivity contribution in [1.82, 2.24) is 29.0 Å². The Morgan fingerprint density at radius 3 is 2.62 bits per heavy atom. The number of aromatic amines is 1. The zero-order valence-electron chi connectivity index (χ0n) is 20.0. The van der Waals surface area contributed by atoms with Gasteiger partial charge in [0.2, 0.25) is 10.0 Å². The Kier molecular flexibility index (Phi) is 5.73. The van der Waals surface area contributed by atoms with Crippen LogP contribution in [-0.4, -0.2) is 76.7 Å². The van der Waals surface area contributed by atoms with Crippen LogP contribution < -0.4 is 10.3 Å². The van der Waals surface area contributed by atoms with Crippen molar-refractivity contribution < 1.29 is 13.2 Å². The van der Waals surface area contributed by atoms with Crippen molar-refractivity contribution in [2.75, 3.05) is 33.2 Å². The van der Waals surface area contributed by atoms with Gasteiger partial charge in [-0.25, -0.2) is 13.4 Å². The number of H-pyrrole nitrogens is 1. The summed E-state index contributed by atoms with van der Waals surface area (Å²) < 4.78 is 36.2. The van der Waals surface area contributed by atoms with Crippen LogP contribution in [0.4, 0.5) is 0 Å². The van der Waals surface area contributed by atoms with E-state index in [1.165, 1.54) is 4.31 Å². The van der Waals surface area contributed by atoms with Gasteiger partial charge < -0.3 is 14.6 Å². The molecule has 1 saturated heterocycles. The fourth-order valence-corrected chi connectivity index (χ4v) is 6.29. The van der Waals surface area contributed by atoms with Crippen LogP contribution in [0.5, 0.6) is 5.75 Å². The van der Waals surface area contributed by atoms with Crippen molar-refractivity contribution in [2.24, 2.45) is 7.05 Å². The molecule has 0 radical (unpaired) electrons. The van der Waals surface area contributed by atoms with Crippen molar-refractivity contribution in [3.05, 3.63) is 33.7 Å². The summed E-state index contributed by atoms with van der Waals surface area (Å²) in [6, 6.07) is 3.30. The third-order valence-corrected chi connectivity index (χ3v) is 8.45. The van der Waals surface area contributed by atoms with E-state index in [1.54, 1.807) is 23.9 Å². The van der Waals surface area contributed by atoms with E-state index in [1.807, 2.05) is 20.9 Å². The average Bonchev–Trinajstić information content (AvgIpc) is 3.32. The molecule has 34 heavy (non-hydrogen) atoms. The lowest BCUT2D eigenvalue weighted by molar-refractivity contribution is 0.222. The molecule has 2 aromatic heterocycles. The third kappa shape index (κ3) is 3.81. The highest BCUT2D eigenvalue weighted by Gasteiger charge is 2.32. The number of hydrogen-bond acceptors (Lipinski definition) is 7. The first-order valence-electron chi connectivity index (χ1n) is 11.7. The van der Waals surface area contributed by atoms with E-state index in [2.05, 4.69) is 15.0 Å². The first-order valence-corrected chi connectivity index (χ1v) is 13.1. The van der Waals surface area contributed by atoms with Crippen LogP contribution in [0.1, 0.15) is 31.5 Å². The van der Waals surface area contributed by atoms with Crippen molar-refractivity contribution in [1.29, 1.82) is 0 Å². The summed E-state index contributed by atoms with van der Waals surface area (Å²) in [6.07, 6.45) is 2.05. The number of sulfonamides is 1. The zero-order valence-corrected chi connectivity index (χ0v) is 20.8. The van der Waals surface area contributed by atoms with Crippen LogP contribution in [0.15, 0.2) is 21.8 Å². The van der Waals surface area contributed by atoms with Crippen LogP contribution in [-0.2, 0) is 29.9 Å². The molecule has 0 aliphatic carbocycles. The maximum Gasteiger partial charge on any atom is 0.277 e. The monoisotopic (exact) mass is 486 g/mol. The molecule has 0 saturated carbocycles. The fourth-order valence-electron chi connectivity index (χ4n) is 4.79. The molecule has 1 fully saturated rings. The van der Waals surface area contributed by atoms with Crippen molar-refractivity contribution in [3.63, 3.8) is 0 Å². The van der Waals surface area contributed by atoms with Crippen molar-refractivity contribution in [2.45, 2.75) is 44.1 Å². The van der Waals surface area contributed by atoms with Gasteiger partial charge in [-0.3, -0.25) is 9.48 Å². The Morgan fingerprint density at radius 1 is 1.18 bits per heavy atom. The van der Waals surface area contributed by atoms with E-state index in [4.69, 9.17) is 9.72 Å². The molecule has 10 nitrogen and oxygen atoms in total. The second-order valence-corrected chi connectivity index (χ2v) is 11.2. The van der Waals surface area contributed by atoms with Crippen LogP contribution in [0.25, 0.3) is 22.4 Å². The van der Waals surface area contributed by atoms with Gasteiger partial charge in [0, 0.05) is 39.6 Å².